The van der Waals surface area contributed by atoms with Crippen LogP contribution in [-0.2, 0) is 19.9 Å². The van der Waals surface area contributed by atoms with E-state index in [2.05, 4.69) is 73.1 Å². The van der Waals surface area contributed by atoms with Crippen LogP contribution in [0, 0.1) is 6.33 Å². The van der Waals surface area contributed by atoms with Crippen LogP contribution in [0.4, 0.5) is 0 Å². The van der Waals surface area contributed by atoms with Gasteiger partial charge in [-0.2, -0.15) is 0 Å². The standard InChI is InChI=1S/C23H21N3/c1-25-13-14-26(18-25)23-12-6-11-22(24-23)17-21-10-5-9-20(16-21)15-19-7-3-2-4-8-19/h2-14,16H,15,17H2,1H3. The number of hydrogen-bond donors (Lipinski definition) is 0. The molecular formula is C23H21N3. The van der Waals surface area contributed by atoms with E-state index in [1.165, 1.54) is 16.7 Å². The predicted molar refractivity (Wildman–Crippen MR) is 102 cm³/mol. The Balaban J connectivity index is 1.53. The van der Waals surface area contributed by atoms with E-state index in [1.807, 2.05) is 34.6 Å². The molecule has 2 heterocycles. The van der Waals surface area contributed by atoms with Crippen LogP contribution < -0.4 is 4.57 Å². The summed E-state index contributed by atoms with van der Waals surface area (Å²) in [6, 6.07) is 25.5. The third-order valence-electron chi connectivity index (χ3n) is 4.37. The van der Waals surface area contributed by atoms with Crippen LogP contribution in [0.15, 0.2) is 85.2 Å². The smallest absolute Gasteiger partial charge is 0.244 e. The fraction of sp³-hybridized carbons (Fsp3) is 0.130. The van der Waals surface area contributed by atoms with Crippen molar-refractivity contribution in [2.45, 2.75) is 12.8 Å². The van der Waals surface area contributed by atoms with Crippen molar-refractivity contribution in [3.8, 4) is 5.82 Å². The lowest BCUT2D eigenvalue weighted by Gasteiger charge is -2.08. The highest BCUT2D eigenvalue weighted by atomic mass is 15.1. The minimum absolute atomic E-state index is 0.823. The molecule has 2 aromatic carbocycles. The maximum atomic E-state index is 4.78. The highest BCUT2D eigenvalue weighted by Crippen LogP contribution is 2.15. The second-order valence-electron chi connectivity index (χ2n) is 6.53. The van der Waals surface area contributed by atoms with Gasteiger partial charge in [-0.15, -0.1) is 0 Å². The van der Waals surface area contributed by atoms with E-state index in [9.17, 15) is 0 Å². The van der Waals surface area contributed by atoms with Gasteiger partial charge in [0.15, 0.2) is 0 Å². The molecule has 128 valence electrons. The minimum atomic E-state index is 0.823. The molecule has 3 nitrogen and oxygen atoms in total. The molecule has 0 amide bonds. The van der Waals surface area contributed by atoms with E-state index >= 15 is 0 Å². The molecule has 26 heavy (non-hydrogen) atoms. The molecule has 4 rings (SSSR count). The average molecular weight is 339 g/mol. The predicted octanol–water partition coefficient (Wildman–Crippen LogP) is 3.68. The van der Waals surface area contributed by atoms with Crippen molar-refractivity contribution in [2.75, 3.05) is 0 Å². The van der Waals surface area contributed by atoms with Crippen molar-refractivity contribution >= 4 is 0 Å². The van der Waals surface area contributed by atoms with Crippen LogP contribution in [0.25, 0.3) is 5.82 Å². The Labute approximate surface area is 154 Å². The van der Waals surface area contributed by atoms with E-state index in [0.717, 1.165) is 24.4 Å². The number of nitrogens with zero attached hydrogens (tertiary/aromatic N) is 3. The van der Waals surface area contributed by atoms with Crippen LogP contribution >= 0.6 is 0 Å². The summed E-state index contributed by atoms with van der Waals surface area (Å²) in [6.07, 6.45) is 8.89. The van der Waals surface area contributed by atoms with Crippen molar-refractivity contribution in [2.24, 2.45) is 7.05 Å². The molecule has 3 heteroatoms. The van der Waals surface area contributed by atoms with E-state index < -0.39 is 0 Å². The zero-order valence-corrected chi connectivity index (χ0v) is 14.8. The fourth-order valence-corrected chi connectivity index (χ4v) is 3.12. The minimum Gasteiger partial charge on any atom is -0.323 e. The monoisotopic (exact) mass is 339 g/mol. The molecular weight excluding hydrogens is 318 g/mol. The van der Waals surface area contributed by atoms with Gasteiger partial charge < -0.3 is 9.13 Å². The summed E-state index contributed by atoms with van der Waals surface area (Å²) in [7, 11) is 1.96. The number of benzene rings is 2. The largest absolute Gasteiger partial charge is 0.323 e. The van der Waals surface area contributed by atoms with E-state index in [1.54, 1.807) is 0 Å². The van der Waals surface area contributed by atoms with Crippen molar-refractivity contribution in [1.29, 1.82) is 0 Å². The average Bonchev–Trinajstić information content (AvgIpc) is 3.10. The molecule has 0 atom stereocenters. The summed E-state index contributed by atoms with van der Waals surface area (Å²) in [6.45, 7) is 0. The second-order valence-corrected chi connectivity index (χ2v) is 6.53. The fourth-order valence-electron chi connectivity index (χ4n) is 3.12. The van der Waals surface area contributed by atoms with Gasteiger partial charge in [-0.1, -0.05) is 60.7 Å². The number of rotatable bonds is 5. The molecule has 0 fully saturated rings. The second kappa shape index (κ2) is 7.36. The van der Waals surface area contributed by atoms with Gasteiger partial charge in [0.1, 0.15) is 5.82 Å². The zero-order valence-electron chi connectivity index (χ0n) is 14.8. The first kappa shape index (κ1) is 16.3. The molecule has 0 N–H and O–H groups in total. The van der Waals surface area contributed by atoms with Crippen LogP contribution in [0.3, 0.4) is 0 Å². The number of aromatic nitrogens is 3. The molecule has 0 aliphatic heterocycles. The zero-order chi connectivity index (χ0) is 17.8. The molecule has 0 aliphatic rings. The summed E-state index contributed by atoms with van der Waals surface area (Å²) >= 11 is 0. The molecule has 0 unspecified atom stereocenters. The van der Waals surface area contributed by atoms with Gasteiger partial charge in [-0.05, 0) is 35.2 Å². The van der Waals surface area contributed by atoms with Crippen LogP contribution in [-0.4, -0.2) is 9.55 Å². The van der Waals surface area contributed by atoms with Crippen LogP contribution in [0.1, 0.15) is 22.4 Å². The summed E-state index contributed by atoms with van der Waals surface area (Å²) in [4.78, 5) is 4.78. The molecule has 4 aromatic rings. The van der Waals surface area contributed by atoms with E-state index in [-0.39, 0.29) is 0 Å². The molecule has 0 spiro atoms. The molecule has 0 saturated heterocycles. The Bertz CT molecular complexity index is 1000. The lowest BCUT2D eigenvalue weighted by Crippen LogP contribution is -2.24. The van der Waals surface area contributed by atoms with Crippen molar-refractivity contribution in [3.05, 3.63) is 114 Å². The van der Waals surface area contributed by atoms with Gasteiger partial charge in [0, 0.05) is 24.5 Å². The van der Waals surface area contributed by atoms with Crippen molar-refractivity contribution < 1.29 is 4.57 Å². The number of aryl methyl sites for hydroxylation is 1. The normalized spacial score (nSPS) is 10.8. The maximum Gasteiger partial charge on any atom is 0.244 e. The third-order valence-corrected chi connectivity index (χ3v) is 4.37. The van der Waals surface area contributed by atoms with Gasteiger partial charge in [-0.3, -0.25) is 4.98 Å². The van der Waals surface area contributed by atoms with Crippen LogP contribution in [0.5, 0.6) is 0 Å². The van der Waals surface area contributed by atoms with E-state index in [0.29, 0.717) is 0 Å². The SMILES string of the molecule is C[n+]1[c-]n(-c2cccc(Cc3cccc(Cc4ccccc4)c3)n2)cc1. The Hall–Kier alpha value is -3.20. The topological polar surface area (TPSA) is 21.7 Å². The highest BCUT2D eigenvalue weighted by molar-refractivity contribution is 5.32. The van der Waals surface area contributed by atoms with Gasteiger partial charge >= 0.3 is 0 Å². The molecule has 0 radical (unpaired) electrons. The first-order valence-electron chi connectivity index (χ1n) is 8.81. The summed E-state index contributed by atoms with van der Waals surface area (Å²) < 4.78 is 3.80. The molecule has 2 aromatic heterocycles. The Morgan fingerprint density at radius 3 is 2.35 bits per heavy atom. The Morgan fingerprint density at radius 2 is 1.58 bits per heavy atom. The number of imidazole rings is 1. The maximum absolute atomic E-state index is 4.78. The van der Waals surface area contributed by atoms with Crippen molar-refractivity contribution in [1.82, 2.24) is 9.55 Å². The lowest BCUT2D eigenvalue weighted by atomic mass is 10.0. The number of pyridine rings is 1. The van der Waals surface area contributed by atoms with E-state index in [4.69, 9.17) is 4.98 Å². The van der Waals surface area contributed by atoms with Crippen molar-refractivity contribution in [3.63, 3.8) is 0 Å². The third kappa shape index (κ3) is 3.89. The Kier molecular flexibility index (Phi) is 4.61. The summed E-state index contributed by atoms with van der Waals surface area (Å²) in [5, 5.41) is 0. The number of hydrogen-bond acceptors (Lipinski definition) is 1. The molecule has 0 bridgehead atoms. The quantitative estimate of drug-likeness (QED) is 0.401. The lowest BCUT2D eigenvalue weighted by molar-refractivity contribution is -0.674. The van der Waals surface area contributed by atoms with Gasteiger partial charge in [0.05, 0.1) is 7.05 Å². The molecule has 0 aliphatic carbocycles. The Morgan fingerprint density at radius 1 is 0.846 bits per heavy atom. The van der Waals surface area contributed by atoms with Gasteiger partial charge in [0.25, 0.3) is 0 Å². The summed E-state index contributed by atoms with van der Waals surface area (Å²) in [5.74, 6) is 0.892. The first-order chi connectivity index (χ1) is 12.8. The highest BCUT2D eigenvalue weighted by Gasteiger charge is 2.03. The summed E-state index contributed by atoms with van der Waals surface area (Å²) in [5.41, 5.74) is 5.01. The van der Waals surface area contributed by atoms with Crippen LogP contribution in [0.2, 0.25) is 0 Å². The van der Waals surface area contributed by atoms with Gasteiger partial charge in [-0.25, -0.2) is 0 Å². The van der Waals surface area contributed by atoms with Gasteiger partial charge in [0.2, 0.25) is 6.33 Å². The first-order valence-corrected chi connectivity index (χ1v) is 8.81. The molecule has 0 saturated carbocycles.